The number of likely N-dealkylation sites (tertiary alicyclic amines) is 1. The molecule has 1 aromatic rings. The Morgan fingerprint density at radius 2 is 1.77 bits per heavy atom. The van der Waals surface area contributed by atoms with Crippen LogP contribution in [0, 0.1) is 6.92 Å². The van der Waals surface area contributed by atoms with Gasteiger partial charge in [0.15, 0.2) is 0 Å². The maximum atomic E-state index is 12.8. The molecule has 3 rings (SSSR count). The molecule has 2 fully saturated rings. The van der Waals surface area contributed by atoms with Gasteiger partial charge in [0, 0.05) is 31.4 Å². The highest BCUT2D eigenvalue weighted by molar-refractivity contribution is 5.99. The van der Waals surface area contributed by atoms with Crippen LogP contribution in [0.3, 0.4) is 0 Å². The normalized spacial score (nSPS) is 21.9. The quantitative estimate of drug-likeness (QED) is 0.845. The van der Waals surface area contributed by atoms with E-state index in [2.05, 4.69) is 4.90 Å². The monoisotopic (exact) mass is 381 g/mol. The molecule has 0 aromatic heterocycles. The number of aryl methyl sites for hydroxylation is 1. The number of rotatable bonds is 5. The first-order valence-electron chi connectivity index (χ1n) is 9.00. The Bertz CT molecular complexity index is 629. The zero-order valence-corrected chi connectivity index (χ0v) is 16.2. The Balaban J connectivity index is 0.00000243. The summed E-state index contributed by atoms with van der Waals surface area (Å²) in [6.45, 7) is 4.60. The molecule has 6 nitrogen and oxygen atoms in total. The van der Waals surface area contributed by atoms with Gasteiger partial charge < -0.3 is 10.0 Å². The highest BCUT2D eigenvalue weighted by Gasteiger charge is 2.38. The molecule has 2 heterocycles. The number of nitrogens with zero attached hydrogens (tertiary/aromatic N) is 3. The Labute approximate surface area is 161 Å². The maximum absolute atomic E-state index is 12.8. The average molecular weight is 382 g/mol. The van der Waals surface area contributed by atoms with E-state index in [9.17, 15) is 9.59 Å². The van der Waals surface area contributed by atoms with Gasteiger partial charge in [0.25, 0.3) is 0 Å². The van der Waals surface area contributed by atoms with Crippen molar-refractivity contribution in [1.82, 2.24) is 9.80 Å². The van der Waals surface area contributed by atoms with E-state index in [1.165, 1.54) is 5.56 Å². The van der Waals surface area contributed by atoms with Crippen molar-refractivity contribution >= 4 is 30.0 Å². The lowest BCUT2D eigenvalue weighted by atomic mass is 10.0. The number of hydrogen-bond acceptors (Lipinski definition) is 4. The summed E-state index contributed by atoms with van der Waals surface area (Å²) in [5.74, 6) is -0.592. The van der Waals surface area contributed by atoms with Gasteiger partial charge in [-0.15, -0.1) is 12.4 Å². The fourth-order valence-electron chi connectivity index (χ4n) is 3.97. The highest BCUT2D eigenvalue weighted by Crippen LogP contribution is 2.27. The van der Waals surface area contributed by atoms with Gasteiger partial charge in [0.2, 0.25) is 5.91 Å². The first-order valence-corrected chi connectivity index (χ1v) is 9.00. The summed E-state index contributed by atoms with van der Waals surface area (Å²) in [5, 5.41) is 8.93. The molecule has 1 amide bonds. The van der Waals surface area contributed by atoms with Crippen LogP contribution >= 0.6 is 12.4 Å². The number of amides is 1. The number of carbonyl (C=O) groups excluding carboxylic acids is 1. The lowest BCUT2D eigenvalue weighted by Gasteiger charge is -2.38. The number of halogens is 1. The largest absolute Gasteiger partial charge is 0.480 e. The molecule has 0 spiro atoms. The maximum Gasteiger partial charge on any atom is 0.317 e. The molecule has 1 atom stereocenters. The molecule has 1 unspecified atom stereocenters. The first-order chi connectivity index (χ1) is 12.0. The smallest absolute Gasteiger partial charge is 0.317 e. The van der Waals surface area contributed by atoms with E-state index in [1.807, 2.05) is 48.0 Å². The number of likely N-dealkylation sites (N-methyl/N-ethyl adjacent to an activating group) is 1. The summed E-state index contributed by atoms with van der Waals surface area (Å²) >= 11 is 0. The third-order valence-corrected chi connectivity index (χ3v) is 5.47. The minimum atomic E-state index is -0.787. The highest BCUT2D eigenvalue weighted by atomic mass is 35.5. The van der Waals surface area contributed by atoms with E-state index >= 15 is 0 Å². The van der Waals surface area contributed by atoms with Crippen molar-refractivity contribution in [1.29, 1.82) is 0 Å². The average Bonchev–Trinajstić information content (AvgIpc) is 2.97. The molecular weight excluding hydrogens is 354 g/mol. The molecule has 0 bridgehead atoms. The zero-order chi connectivity index (χ0) is 18.0. The van der Waals surface area contributed by atoms with Crippen molar-refractivity contribution in [2.75, 3.05) is 38.1 Å². The van der Waals surface area contributed by atoms with E-state index < -0.39 is 5.97 Å². The van der Waals surface area contributed by atoms with Crippen LogP contribution in [0.1, 0.15) is 24.8 Å². The number of benzene rings is 1. The van der Waals surface area contributed by atoms with Crippen molar-refractivity contribution in [2.45, 2.75) is 38.3 Å². The molecule has 0 saturated carbocycles. The topological polar surface area (TPSA) is 64.1 Å². The second-order valence-electron chi connectivity index (χ2n) is 7.21. The van der Waals surface area contributed by atoms with Gasteiger partial charge in [-0.05, 0) is 45.4 Å². The number of aliphatic carboxylic acids is 1. The minimum absolute atomic E-state index is 0. The molecule has 1 N–H and O–H groups in total. The fraction of sp³-hybridized carbons (Fsp3) is 0.579. The van der Waals surface area contributed by atoms with Crippen LogP contribution in [-0.2, 0) is 9.59 Å². The number of piperidine rings is 1. The van der Waals surface area contributed by atoms with Crippen LogP contribution in [-0.4, -0.2) is 72.1 Å². The molecule has 144 valence electrons. The molecule has 2 aliphatic heterocycles. The number of carboxylic acids is 1. The first kappa shape index (κ1) is 20.7. The molecule has 26 heavy (non-hydrogen) atoms. The summed E-state index contributed by atoms with van der Waals surface area (Å²) in [6, 6.07) is 8.37. The Hall–Kier alpha value is -1.63. The summed E-state index contributed by atoms with van der Waals surface area (Å²) < 4.78 is 0. The zero-order valence-electron chi connectivity index (χ0n) is 15.4. The van der Waals surface area contributed by atoms with Gasteiger partial charge in [-0.2, -0.15) is 0 Å². The molecular formula is C19H28ClN3O3. The van der Waals surface area contributed by atoms with Crippen LogP contribution in [0.4, 0.5) is 5.69 Å². The summed E-state index contributed by atoms with van der Waals surface area (Å²) in [4.78, 5) is 29.8. The number of carboxylic acid groups (broad SMARTS) is 1. The summed E-state index contributed by atoms with van der Waals surface area (Å²) in [6.07, 6.45) is 2.69. The van der Waals surface area contributed by atoms with Crippen LogP contribution in [0.15, 0.2) is 24.3 Å². The standard InChI is InChI=1S/C19H27N3O3.ClH/c1-14-3-5-16(6-4-14)22-12-9-17(19(22)25)21-10-7-15(8-11-21)20(2)13-18(23)24;/h3-6,15,17H,7-13H2,1-2H3,(H,23,24);1H. The number of carbonyl (C=O) groups is 2. The second-order valence-corrected chi connectivity index (χ2v) is 7.21. The van der Waals surface area contributed by atoms with Gasteiger partial charge in [0.05, 0.1) is 12.6 Å². The van der Waals surface area contributed by atoms with E-state index in [1.54, 1.807) is 0 Å². The van der Waals surface area contributed by atoms with Gasteiger partial charge in [-0.3, -0.25) is 19.4 Å². The van der Waals surface area contributed by atoms with Gasteiger partial charge in [-0.1, -0.05) is 17.7 Å². The molecule has 7 heteroatoms. The van der Waals surface area contributed by atoms with Crippen molar-refractivity contribution in [2.24, 2.45) is 0 Å². The van der Waals surface area contributed by atoms with Crippen LogP contribution in [0.2, 0.25) is 0 Å². The van der Waals surface area contributed by atoms with Crippen LogP contribution < -0.4 is 4.90 Å². The minimum Gasteiger partial charge on any atom is -0.480 e. The predicted octanol–water partition coefficient (Wildman–Crippen LogP) is 2.00. The molecule has 0 aliphatic carbocycles. The van der Waals surface area contributed by atoms with E-state index in [0.29, 0.717) is 0 Å². The van der Waals surface area contributed by atoms with E-state index in [-0.39, 0.29) is 36.9 Å². The molecule has 0 radical (unpaired) electrons. The summed E-state index contributed by atoms with van der Waals surface area (Å²) in [7, 11) is 1.87. The number of anilines is 1. The summed E-state index contributed by atoms with van der Waals surface area (Å²) in [5.41, 5.74) is 2.17. The second kappa shape index (κ2) is 8.84. The van der Waals surface area contributed by atoms with E-state index in [0.717, 1.165) is 44.6 Å². The molecule has 2 aliphatic rings. The van der Waals surface area contributed by atoms with Crippen molar-refractivity contribution in [3.8, 4) is 0 Å². The Kier molecular flexibility index (Phi) is 7.03. The molecule has 1 aromatic carbocycles. The van der Waals surface area contributed by atoms with Gasteiger partial charge in [-0.25, -0.2) is 0 Å². The van der Waals surface area contributed by atoms with E-state index in [4.69, 9.17) is 5.11 Å². The van der Waals surface area contributed by atoms with Gasteiger partial charge in [0.1, 0.15) is 0 Å². The Morgan fingerprint density at radius 1 is 1.15 bits per heavy atom. The third-order valence-electron chi connectivity index (χ3n) is 5.47. The third kappa shape index (κ3) is 4.55. The predicted molar refractivity (Wildman–Crippen MR) is 104 cm³/mol. The fourth-order valence-corrected chi connectivity index (χ4v) is 3.97. The lowest BCUT2D eigenvalue weighted by Crippen LogP contribution is -2.50. The van der Waals surface area contributed by atoms with Crippen LogP contribution in [0.5, 0.6) is 0 Å². The Morgan fingerprint density at radius 3 is 2.35 bits per heavy atom. The molecule has 2 saturated heterocycles. The lowest BCUT2D eigenvalue weighted by molar-refractivity contribution is -0.138. The number of hydrogen-bond donors (Lipinski definition) is 1. The van der Waals surface area contributed by atoms with Crippen molar-refractivity contribution in [3.05, 3.63) is 29.8 Å². The SMILES string of the molecule is Cc1ccc(N2CCC(N3CCC(N(C)CC(=O)O)CC3)C2=O)cc1.Cl. The van der Waals surface area contributed by atoms with Gasteiger partial charge >= 0.3 is 5.97 Å². The van der Waals surface area contributed by atoms with Crippen molar-refractivity contribution < 1.29 is 14.7 Å². The van der Waals surface area contributed by atoms with Crippen LogP contribution in [0.25, 0.3) is 0 Å². The van der Waals surface area contributed by atoms with Crippen molar-refractivity contribution in [3.63, 3.8) is 0 Å².